The molecule has 1 atom stereocenters. The van der Waals surface area contributed by atoms with Crippen molar-refractivity contribution in [3.05, 3.63) is 100.0 Å². The number of aliphatic imine (C=N–C) groups is 1. The van der Waals surface area contributed by atoms with E-state index >= 15 is 0 Å². The van der Waals surface area contributed by atoms with Gasteiger partial charge in [-0.25, -0.2) is 19.4 Å². The third kappa shape index (κ3) is 5.90. The molecule has 3 aromatic carbocycles. The van der Waals surface area contributed by atoms with Crippen molar-refractivity contribution < 1.29 is 32.7 Å². The van der Waals surface area contributed by atoms with Crippen LogP contribution < -0.4 is 15.9 Å². The highest BCUT2D eigenvalue weighted by atomic mass is 19.4. The minimum Gasteiger partial charge on any atom is -0.478 e. The van der Waals surface area contributed by atoms with E-state index in [0.717, 1.165) is 0 Å². The molecule has 0 spiro atoms. The normalized spacial score (nSPS) is 17.5. The summed E-state index contributed by atoms with van der Waals surface area (Å²) in [5.41, 5.74) is 1.68. The first kappa shape index (κ1) is 29.7. The molecule has 4 aromatic rings. The summed E-state index contributed by atoms with van der Waals surface area (Å²) < 4.78 is 42.6. The molecule has 1 aromatic heterocycles. The van der Waals surface area contributed by atoms with Gasteiger partial charge in [0, 0.05) is 30.3 Å². The van der Waals surface area contributed by atoms with Crippen LogP contribution in [0, 0.1) is 0 Å². The number of carboxylic acid groups (broad SMARTS) is 1. The number of carbonyl (C=O) groups excluding carboxylic acids is 2. The van der Waals surface area contributed by atoms with Crippen molar-refractivity contribution in [1.29, 1.82) is 0 Å². The fourth-order valence-corrected chi connectivity index (χ4v) is 5.84. The lowest BCUT2D eigenvalue weighted by Gasteiger charge is -2.33. The molecule has 3 heterocycles. The van der Waals surface area contributed by atoms with E-state index in [4.69, 9.17) is 0 Å². The number of alkyl halides is 3. The number of nitrogens with one attached hydrogen (secondary N) is 2. The molecule has 2 aliphatic heterocycles. The van der Waals surface area contributed by atoms with E-state index in [2.05, 4.69) is 15.3 Å². The molecule has 3 N–H and O–H groups in total. The summed E-state index contributed by atoms with van der Waals surface area (Å²) in [5, 5.41) is 11.9. The molecule has 45 heavy (non-hydrogen) atoms. The number of benzene rings is 3. The number of fused-ring (bicyclic) bond motifs is 2. The lowest BCUT2D eigenvalue weighted by molar-refractivity contribution is -0.133. The van der Waals surface area contributed by atoms with Crippen LogP contribution >= 0.6 is 0 Å². The number of benzodiazepines with no additional fused rings is 1. The number of para-hydroxylation sites is 1. The predicted molar refractivity (Wildman–Crippen MR) is 159 cm³/mol. The maximum Gasteiger partial charge on any atom is 0.406 e. The van der Waals surface area contributed by atoms with Crippen LogP contribution in [0.1, 0.15) is 40.4 Å². The van der Waals surface area contributed by atoms with Gasteiger partial charge in [-0.1, -0.05) is 48.5 Å². The number of halogens is 3. The van der Waals surface area contributed by atoms with Crippen LogP contribution in [-0.2, 0) is 4.79 Å². The average molecular weight is 621 g/mol. The second-order valence-electron chi connectivity index (χ2n) is 10.8. The van der Waals surface area contributed by atoms with Gasteiger partial charge in [0.1, 0.15) is 6.54 Å². The Hall–Kier alpha value is -5.40. The van der Waals surface area contributed by atoms with Gasteiger partial charge in [-0.2, -0.15) is 13.2 Å². The number of carbonyl (C=O) groups is 3. The number of urea groups is 1. The SMILES string of the molecule is O=C(O)c1ccc2[nH]c(=O)n(C3CCN(C(=O)N[C@@H]4N=C(c5ccccc5)c5ccccc5N(CC(F)(F)F)C4=O)CC3)c2c1. The van der Waals surface area contributed by atoms with Crippen molar-refractivity contribution in [3.63, 3.8) is 0 Å². The van der Waals surface area contributed by atoms with Gasteiger partial charge in [0.25, 0.3) is 5.91 Å². The van der Waals surface area contributed by atoms with Crippen LogP contribution in [0.2, 0.25) is 0 Å². The Morgan fingerprint density at radius 2 is 1.67 bits per heavy atom. The van der Waals surface area contributed by atoms with Crippen LogP contribution in [0.3, 0.4) is 0 Å². The Balaban J connectivity index is 1.26. The van der Waals surface area contributed by atoms with Crippen molar-refractivity contribution >= 4 is 40.3 Å². The number of nitrogens with zero attached hydrogens (tertiary/aromatic N) is 4. The lowest BCUT2D eigenvalue weighted by Crippen LogP contribution is -2.54. The molecule has 0 saturated carbocycles. The maximum absolute atomic E-state index is 13.7. The van der Waals surface area contributed by atoms with Crippen molar-refractivity contribution in [1.82, 2.24) is 19.8 Å². The summed E-state index contributed by atoms with van der Waals surface area (Å²) in [7, 11) is 0. The summed E-state index contributed by atoms with van der Waals surface area (Å²) in [6.07, 6.45) is -5.70. The summed E-state index contributed by atoms with van der Waals surface area (Å²) >= 11 is 0. The summed E-state index contributed by atoms with van der Waals surface area (Å²) in [5.74, 6) is -2.17. The largest absolute Gasteiger partial charge is 0.478 e. The zero-order valence-electron chi connectivity index (χ0n) is 23.6. The molecule has 14 heteroatoms. The molecule has 6 rings (SSSR count). The van der Waals surface area contributed by atoms with Crippen LogP contribution in [-0.4, -0.2) is 75.2 Å². The number of piperidine rings is 1. The van der Waals surface area contributed by atoms with E-state index < -0.39 is 42.5 Å². The fraction of sp³-hybridized carbons (Fsp3) is 0.258. The first-order valence-corrected chi connectivity index (χ1v) is 14.1. The van der Waals surface area contributed by atoms with E-state index in [1.165, 1.54) is 39.8 Å². The second-order valence-corrected chi connectivity index (χ2v) is 10.8. The molecule has 232 valence electrons. The first-order valence-electron chi connectivity index (χ1n) is 14.1. The molecule has 1 fully saturated rings. The molecule has 2 aliphatic rings. The van der Waals surface area contributed by atoms with Crippen LogP contribution in [0.4, 0.5) is 23.7 Å². The lowest BCUT2D eigenvalue weighted by atomic mass is 10.0. The number of likely N-dealkylation sites (tertiary alicyclic amines) is 1. The molecule has 11 nitrogen and oxygen atoms in total. The number of hydrogen-bond donors (Lipinski definition) is 3. The van der Waals surface area contributed by atoms with Crippen molar-refractivity contribution in [3.8, 4) is 0 Å². The predicted octanol–water partition coefficient (Wildman–Crippen LogP) is 4.15. The third-order valence-electron chi connectivity index (χ3n) is 7.93. The Morgan fingerprint density at radius 3 is 2.36 bits per heavy atom. The minimum atomic E-state index is -4.72. The zero-order chi connectivity index (χ0) is 31.9. The first-order chi connectivity index (χ1) is 21.5. The average Bonchev–Trinajstić information content (AvgIpc) is 3.31. The number of hydrogen-bond acceptors (Lipinski definition) is 5. The fourth-order valence-electron chi connectivity index (χ4n) is 5.84. The third-order valence-corrected chi connectivity index (χ3v) is 7.93. The van der Waals surface area contributed by atoms with E-state index in [1.54, 1.807) is 42.5 Å². The Bertz CT molecular complexity index is 1880. The molecular formula is C31H27F3N6O5. The molecular weight excluding hydrogens is 593 g/mol. The molecule has 0 radical (unpaired) electrons. The Kier molecular flexibility index (Phi) is 7.64. The summed E-state index contributed by atoms with van der Waals surface area (Å²) in [6, 6.07) is 18.1. The highest BCUT2D eigenvalue weighted by molar-refractivity contribution is 6.20. The number of aromatic nitrogens is 2. The van der Waals surface area contributed by atoms with Crippen molar-refractivity contribution in [2.45, 2.75) is 31.2 Å². The molecule has 1 saturated heterocycles. The smallest absolute Gasteiger partial charge is 0.406 e. The maximum atomic E-state index is 13.7. The summed E-state index contributed by atoms with van der Waals surface area (Å²) in [4.78, 5) is 60.5. The van der Waals surface area contributed by atoms with Gasteiger partial charge in [0.05, 0.1) is 28.0 Å². The number of amides is 3. The molecule has 0 aliphatic carbocycles. The van der Waals surface area contributed by atoms with Gasteiger partial charge in [-0.05, 0) is 37.1 Å². The van der Waals surface area contributed by atoms with Gasteiger partial charge in [-0.3, -0.25) is 14.3 Å². The van der Waals surface area contributed by atoms with Gasteiger partial charge in [-0.15, -0.1) is 0 Å². The molecule has 0 unspecified atom stereocenters. The number of rotatable bonds is 5. The van der Waals surface area contributed by atoms with Crippen molar-refractivity contribution in [2.75, 3.05) is 24.5 Å². The minimum absolute atomic E-state index is 0.0233. The highest BCUT2D eigenvalue weighted by Crippen LogP contribution is 2.31. The van der Waals surface area contributed by atoms with Crippen LogP contribution in [0.15, 0.2) is 82.6 Å². The zero-order valence-corrected chi connectivity index (χ0v) is 23.6. The molecule has 3 amide bonds. The Labute approximate surface area is 253 Å². The Morgan fingerprint density at radius 1 is 0.978 bits per heavy atom. The molecule has 0 bridgehead atoms. The van der Waals surface area contributed by atoms with Crippen LogP contribution in [0.25, 0.3) is 11.0 Å². The number of anilines is 1. The second kappa shape index (κ2) is 11.6. The van der Waals surface area contributed by atoms with E-state index in [9.17, 15) is 37.5 Å². The number of H-pyrrole nitrogens is 1. The number of imidazole rings is 1. The van der Waals surface area contributed by atoms with E-state index in [0.29, 0.717) is 39.9 Å². The van der Waals surface area contributed by atoms with Gasteiger partial charge in [0.2, 0.25) is 6.17 Å². The van der Waals surface area contributed by atoms with E-state index in [-0.39, 0.29) is 36.1 Å². The highest BCUT2D eigenvalue weighted by Gasteiger charge is 2.40. The monoisotopic (exact) mass is 620 g/mol. The quantitative estimate of drug-likeness (QED) is 0.308. The van der Waals surface area contributed by atoms with Gasteiger partial charge < -0.3 is 20.3 Å². The van der Waals surface area contributed by atoms with Gasteiger partial charge >= 0.3 is 23.9 Å². The standard InChI is InChI=1S/C31H27F3N6O5/c32-31(33,34)17-39-23-9-5-4-8-21(23)25(18-6-2-1-3-7-18)36-26(27(39)41)37-29(44)38-14-12-20(13-15-38)40-24-16-19(28(42)43)10-11-22(24)35-30(40)45/h1-11,16,20,26H,12-15,17H2,(H,35,45)(H,37,44)(H,42,43)/t26-/m0/s1. The number of aromatic carboxylic acids is 1. The summed E-state index contributed by atoms with van der Waals surface area (Å²) in [6.45, 7) is -1.24. The van der Waals surface area contributed by atoms with Crippen LogP contribution in [0.5, 0.6) is 0 Å². The topological polar surface area (TPSA) is 140 Å². The van der Waals surface area contributed by atoms with Gasteiger partial charge in [0.15, 0.2) is 0 Å². The van der Waals surface area contributed by atoms with Crippen molar-refractivity contribution in [2.24, 2.45) is 4.99 Å². The number of aromatic amines is 1. The number of carboxylic acids is 1. The van der Waals surface area contributed by atoms with E-state index in [1.807, 2.05) is 0 Å².